The van der Waals surface area contributed by atoms with Crippen LogP contribution >= 0.6 is 0 Å². The van der Waals surface area contributed by atoms with Gasteiger partial charge >= 0.3 is 85.1 Å². The SMILES string of the molecule is O=[Si]([O-])[O-].O=[Si]([O-])[O-].O=[Si]([O-])[O-].[Al+3].[Ba+2].[Li+]. The Morgan fingerprint density at radius 2 is 0.600 bits per heavy atom. The van der Waals surface area contributed by atoms with Crippen LogP contribution in [0.5, 0.6) is 0 Å². The van der Waals surface area contributed by atoms with Crippen LogP contribution in [0, 0.1) is 0 Å². The van der Waals surface area contributed by atoms with Crippen molar-refractivity contribution in [2.24, 2.45) is 0 Å². The summed E-state index contributed by atoms with van der Waals surface area (Å²) < 4.78 is 25.6. The maximum absolute atomic E-state index is 8.52. The van der Waals surface area contributed by atoms with E-state index < -0.39 is 27.5 Å². The fraction of sp³-hybridized carbons (Fsp3) is 0. The zero-order valence-electron chi connectivity index (χ0n) is 7.46. The Hall–Kier alpha value is 1.55. The van der Waals surface area contributed by atoms with E-state index >= 15 is 0 Å². The number of hydrogen-bond donors (Lipinski definition) is 0. The predicted octanol–water partition coefficient (Wildman–Crippen LogP) is -12.4. The molecule has 0 fully saturated rings. The van der Waals surface area contributed by atoms with Crippen LogP contribution in [0.25, 0.3) is 0 Å². The Morgan fingerprint density at radius 3 is 0.600 bits per heavy atom. The van der Waals surface area contributed by atoms with Crippen LogP contribution < -0.4 is 47.6 Å². The quantitative estimate of drug-likeness (QED) is 0.356. The summed E-state index contributed by atoms with van der Waals surface area (Å²) in [5.74, 6) is 0. The summed E-state index contributed by atoms with van der Waals surface area (Å²) in [6.07, 6.45) is 0. The molecule has 0 atom stereocenters. The molecule has 0 aromatic heterocycles. The van der Waals surface area contributed by atoms with Crippen LogP contribution in [0.15, 0.2) is 0 Å². The predicted molar refractivity (Wildman–Crippen MR) is 30.8 cm³/mol. The Balaban J connectivity index is -0.0000000184. The Labute approximate surface area is 152 Å². The first-order chi connectivity index (χ1) is 5.20. The molecule has 0 unspecified atom stereocenters. The van der Waals surface area contributed by atoms with Gasteiger partial charge in [0.15, 0.2) is 0 Å². The van der Waals surface area contributed by atoms with Crippen LogP contribution in [0.3, 0.4) is 0 Å². The summed E-state index contributed by atoms with van der Waals surface area (Å²) in [7, 11) is -10.9. The molecule has 0 aliphatic heterocycles. The zero-order valence-corrected chi connectivity index (χ0v) is 16.1. The largest absolute Gasteiger partial charge is 3.00 e. The summed E-state index contributed by atoms with van der Waals surface area (Å²) in [6, 6.07) is 0. The van der Waals surface area contributed by atoms with E-state index in [4.69, 9.17) is 42.2 Å². The van der Waals surface area contributed by atoms with Crippen molar-refractivity contribution in [3.8, 4) is 0 Å². The minimum Gasteiger partial charge on any atom is -0.672 e. The van der Waals surface area contributed by atoms with Crippen molar-refractivity contribution >= 4 is 93.8 Å². The van der Waals surface area contributed by atoms with Crippen LogP contribution in [0.2, 0.25) is 0 Å². The second-order valence-electron chi connectivity index (χ2n) is 0.750. The molecule has 0 saturated heterocycles. The van der Waals surface area contributed by atoms with Crippen LogP contribution in [0.4, 0.5) is 0 Å². The van der Waals surface area contributed by atoms with E-state index in [0.29, 0.717) is 0 Å². The van der Waals surface area contributed by atoms with Gasteiger partial charge in [-0.3, -0.25) is 0 Å². The molecule has 0 bridgehead atoms. The van der Waals surface area contributed by atoms with Gasteiger partial charge in [-0.25, -0.2) is 0 Å². The Bertz CT molecular complexity index is 123. The average molecular weight is 399 g/mol. The van der Waals surface area contributed by atoms with Crippen LogP contribution in [-0.4, -0.2) is 93.8 Å². The van der Waals surface area contributed by atoms with E-state index in [1.807, 2.05) is 0 Å². The van der Waals surface area contributed by atoms with Gasteiger partial charge in [-0.2, -0.15) is 0 Å². The molecule has 0 saturated carbocycles. The van der Waals surface area contributed by atoms with Gasteiger partial charge in [-0.05, 0) is 0 Å². The monoisotopic (exact) mass is 400 g/mol. The molecule has 72 valence electrons. The molecule has 0 aromatic rings. The summed E-state index contributed by atoms with van der Waals surface area (Å²) in [6.45, 7) is 0. The van der Waals surface area contributed by atoms with Gasteiger partial charge in [0.05, 0.1) is 0 Å². The first kappa shape index (κ1) is 36.0. The minimum atomic E-state index is -3.63. The molecular weight excluding hydrogens is 399 g/mol. The normalized spacial score (nSPS) is 4.80. The fourth-order valence-electron chi connectivity index (χ4n) is 0. The van der Waals surface area contributed by atoms with E-state index in [2.05, 4.69) is 0 Å². The standard InChI is InChI=1S/Al.Ba.Li.3O3Si/c;;;3*1-4(2)3/q+3;+2;+1;3*-2. The third-order valence-electron chi connectivity index (χ3n) is 0. The zero-order chi connectivity index (χ0) is 10.7. The average Bonchev–Trinajstić information content (AvgIpc) is 1.54. The molecule has 0 amide bonds. The van der Waals surface area contributed by atoms with Crippen molar-refractivity contribution in [3.05, 3.63) is 0 Å². The third kappa shape index (κ3) is 1190. The molecule has 0 aliphatic rings. The first-order valence-electron chi connectivity index (χ1n) is 1.84. The van der Waals surface area contributed by atoms with Crippen molar-refractivity contribution < 1.29 is 61.0 Å². The minimum absolute atomic E-state index is 0. The molecule has 0 spiro atoms. The smallest absolute Gasteiger partial charge is 0.672 e. The van der Waals surface area contributed by atoms with Crippen molar-refractivity contribution in [1.82, 2.24) is 0 Å². The fourth-order valence-corrected chi connectivity index (χ4v) is 0. The maximum Gasteiger partial charge on any atom is 3.00 e. The summed E-state index contributed by atoms with van der Waals surface area (Å²) in [5, 5.41) is 0. The van der Waals surface area contributed by atoms with E-state index in [1.54, 1.807) is 0 Å². The molecule has 0 rings (SSSR count). The van der Waals surface area contributed by atoms with Crippen molar-refractivity contribution in [2.45, 2.75) is 0 Å². The van der Waals surface area contributed by atoms with Gasteiger partial charge in [-0.1, -0.05) is 0 Å². The summed E-state index contributed by atoms with van der Waals surface area (Å²) in [5.41, 5.74) is 0. The topological polar surface area (TPSA) is 190 Å². The van der Waals surface area contributed by atoms with Gasteiger partial charge in [0, 0.05) is 27.5 Å². The molecule has 9 nitrogen and oxygen atoms in total. The summed E-state index contributed by atoms with van der Waals surface area (Å²) in [4.78, 5) is 51.1. The van der Waals surface area contributed by atoms with E-state index in [0.717, 1.165) is 0 Å². The van der Waals surface area contributed by atoms with Gasteiger partial charge < -0.3 is 42.2 Å². The molecule has 0 aliphatic carbocycles. The molecule has 15 heavy (non-hydrogen) atoms. The number of rotatable bonds is 0. The van der Waals surface area contributed by atoms with E-state index in [1.165, 1.54) is 0 Å². The molecule has 0 heterocycles. The molecule has 0 aromatic carbocycles. The summed E-state index contributed by atoms with van der Waals surface area (Å²) >= 11 is 0. The Kier molecular flexibility index (Phi) is 70.9. The van der Waals surface area contributed by atoms with Crippen molar-refractivity contribution in [3.63, 3.8) is 0 Å². The van der Waals surface area contributed by atoms with E-state index in [-0.39, 0.29) is 85.1 Å². The van der Waals surface area contributed by atoms with Crippen molar-refractivity contribution in [1.29, 1.82) is 0 Å². The molecule has 15 heteroatoms. The Morgan fingerprint density at radius 1 is 0.600 bits per heavy atom. The second kappa shape index (κ2) is 29.6. The van der Waals surface area contributed by atoms with Gasteiger partial charge in [0.1, 0.15) is 0 Å². The van der Waals surface area contributed by atoms with Crippen LogP contribution in [-0.2, 0) is 13.4 Å². The van der Waals surface area contributed by atoms with E-state index in [9.17, 15) is 0 Å². The van der Waals surface area contributed by atoms with Gasteiger partial charge in [-0.15, -0.1) is 0 Å². The first-order valence-corrected chi connectivity index (χ1v) is 5.51. The van der Waals surface area contributed by atoms with Gasteiger partial charge in [0.25, 0.3) is 0 Å². The number of hydrogen-bond acceptors (Lipinski definition) is 9. The molecule has 0 radical (unpaired) electrons. The molecule has 0 N–H and O–H groups in total. The molecular formula is AlBaLiO9Si3. The van der Waals surface area contributed by atoms with Gasteiger partial charge in [0.2, 0.25) is 0 Å². The third-order valence-corrected chi connectivity index (χ3v) is 0. The van der Waals surface area contributed by atoms with Crippen LogP contribution in [0.1, 0.15) is 0 Å². The van der Waals surface area contributed by atoms with Crippen molar-refractivity contribution in [2.75, 3.05) is 0 Å². The second-order valence-corrected chi connectivity index (χ2v) is 2.25. The maximum atomic E-state index is 8.52.